The van der Waals surface area contributed by atoms with Crippen LogP contribution in [0, 0.1) is 5.92 Å². The minimum absolute atomic E-state index is 0.470. The van der Waals surface area contributed by atoms with Crippen molar-refractivity contribution in [2.45, 2.75) is 45.1 Å². The Hall–Kier alpha value is -0.770. The Bertz CT molecular complexity index is 329. The third-order valence-electron chi connectivity index (χ3n) is 3.20. The summed E-state index contributed by atoms with van der Waals surface area (Å²) in [5.74, 6) is 1.81. The topological polar surface area (TPSA) is 51.0 Å². The van der Waals surface area contributed by atoms with Crippen LogP contribution in [0.2, 0.25) is 0 Å². The van der Waals surface area contributed by atoms with Gasteiger partial charge in [-0.15, -0.1) is 16.7 Å². The molecule has 1 aliphatic carbocycles. The molecule has 0 radical (unpaired) electrons. The van der Waals surface area contributed by atoms with E-state index in [1.165, 1.54) is 25.7 Å². The normalized spacial score (nSPS) is 25.6. The van der Waals surface area contributed by atoms with Gasteiger partial charge in [-0.1, -0.05) is 24.9 Å². The number of rotatable bonds is 4. The van der Waals surface area contributed by atoms with Gasteiger partial charge in [-0.2, -0.15) is 0 Å². The van der Waals surface area contributed by atoms with Gasteiger partial charge in [-0.3, -0.25) is 0 Å². The summed E-state index contributed by atoms with van der Waals surface area (Å²) in [6.45, 7) is 2.27. The van der Waals surface area contributed by atoms with Crippen molar-refractivity contribution in [3.05, 3.63) is 5.89 Å². The van der Waals surface area contributed by atoms with Crippen LogP contribution in [-0.2, 0) is 6.42 Å². The Labute approximate surface area is 101 Å². The second-order valence-corrected chi connectivity index (χ2v) is 4.83. The van der Waals surface area contributed by atoms with Crippen molar-refractivity contribution in [3.63, 3.8) is 0 Å². The molecule has 5 heteroatoms. The molecule has 90 valence electrons. The maximum Gasteiger partial charge on any atom is 0.315 e. The lowest BCUT2D eigenvalue weighted by atomic mass is 9.86. The van der Waals surface area contributed by atoms with E-state index in [0.717, 1.165) is 0 Å². The van der Waals surface area contributed by atoms with Gasteiger partial charge < -0.3 is 9.73 Å². The van der Waals surface area contributed by atoms with Gasteiger partial charge >= 0.3 is 6.01 Å². The molecule has 2 unspecified atom stereocenters. The standard InChI is InChI=1S/C11H18ClN3O/c1-8-4-2-3-5-9(8)13-11-15-14-10(16-11)6-7-12/h8-9H,2-7H2,1H3,(H,13,15). The summed E-state index contributed by atoms with van der Waals surface area (Å²) in [5, 5.41) is 11.2. The molecule has 0 spiro atoms. The summed E-state index contributed by atoms with van der Waals surface area (Å²) < 4.78 is 5.46. The van der Waals surface area contributed by atoms with Gasteiger partial charge in [0, 0.05) is 18.3 Å². The molecule has 1 heterocycles. The number of anilines is 1. The number of aryl methyl sites for hydroxylation is 1. The number of halogens is 1. The first-order valence-electron chi connectivity index (χ1n) is 5.94. The summed E-state index contributed by atoms with van der Waals surface area (Å²) in [5.41, 5.74) is 0. The van der Waals surface area contributed by atoms with E-state index in [-0.39, 0.29) is 0 Å². The van der Waals surface area contributed by atoms with E-state index in [1.807, 2.05) is 0 Å². The van der Waals surface area contributed by atoms with Crippen LogP contribution in [0.3, 0.4) is 0 Å². The maximum absolute atomic E-state index is 5.61. The lowest BCUT2D eigenvalue weighted by Gasteiger charge is -2.28. The molecule has 0 aliphatic heterocycles. The van der Waals surface area contributed by atoms with Crippen LogP contribution in [-0.4, -0.2) is 22.1 Å². The molecule has 2 rings (SSSR count). The van der Waals surface area contributed by atoms with Crippen LogP contribution >= 0.6 is 11.6 Å². The molecule has 16 heavy (non-hydrogen) atoms. The van der Waals surface area contributed by atoms with E-state index >= 15 is 0 Å². The van der Waals surface area contributed by atoms with Crippen molar-refractivity contribution in [2.24, 2.45) is 5.92 Å². The number of alkyl halides is 1. The van der Waals surface area contributed by atoms with Crippen LogP contribution in [0.4, 0.5) is 6.01 Å². The van der Waals surface area contributed by atoms with Gasteiger partial charge in [0.25, 0.3) is 0 Å². The van der Waals surface area contributed by atoms with Gasteiger partial charge in [0.15, 0.2) is 0 Å². The fourth-order valence-corrected chi connectivity index (χ4v) is 2.34. The average molecular weight is 244 g/mol. The Morgan fingerprint density at radius 3 is 2.94 bits per heavy atom. The third kappa shape index (κ3) is 2.88. The molecule has 2 atom stereocenters. The first kappa shape index (κ1) is 11.7. The molecule has 0 bridgehead atoms. The maximum atomic E-state index is 5.61. The Balaban J connectivity index is 1.91. The Kier molecular flexibility index (Phi) is 4.04. The minimum Gasteiger partial charge on any atom is -0.408 e. The number of nitrogens with zero attached hydrogens (tertiary/aromatic N) is 2. The molecular formula is C11H18ClN3O. The van der Waals surface area contributed by atoms with Gasteiger partial charge in [0.1, 0.15) is 0 Å². The highest BCUT2D eigenvalue weighted by Gasteiger charge is 2.22. The fraction of sp³-hybridized carbons (Fsp3) is 0.818. The van der Waals surface area contributed by atoms with Crippen molar-refractivity contribution < 1.29 is 4.42 Å². The quantitative estimate of drug-likeness (QED) is 0.827. The van der Waals surface area contributed by atoms with Crippen molar-refractivity contribution in [3.8, 4) is 0 Å². The van der Waals surface area contributed by atoms with Gasteiger partial charge in [-0.05, 0) is 18.8 Å². The lowest BCUT2D eigenvalue weighted by Crippen LogP contribution is -2.30. The number of hydrogen-bond acceptors (Lipinski definition) is 4. The van der Waals surface area contributed by atoms with E-state index < -0.39 is 0 Å². The molecule has 1 aromatic heterocycles. The van der Waals surface area contributed by atoms with E-state index in [1.54, 1.807) is 0 Å². The minimum atomic E-state index is 0.470. The first-order valence-corrected chi connectivity index (χ1v) is 6.48. The van der Waals surface area contributed by atoms with Crippen LogP contribution in [0.15, 0.2) is 4.42 Å². The molecule has 1 saturated carbocycles. The van der Waals surface area contributed by atoms with E-state index in [0.29, 0.717) is 36.2 Å². The summed E-state index contributed by atoms with van der Waals surface area (Å²) in [6, 6.07) is 1.01. The molecule has 1 aromatic rings. The van der Waals surface area contributed by atoms with Crippen molar-refractivity contribution in [1.29, 1.82) is 0 Å². The van der Waals surface area contributed by atoms with E-state index in [2.05, 4.69) is 22.4 Å². The molecule has 0 amide bonds. The summed E-state index contributed by atoms with van der Waals surface area (Å²) in [4.78, 5) is 0. The van der Waals surface area contributed by atoms with Crippen molar-refractivity contribution in [2.75, 3.05) is 11.2 Å². The second-order valence-electron chi connectivity index (χ2n) is 4.45. The Morgan fingerprint density at radius 1 is 1.38 bits per heavy atom. The number of nitrogens with one attached hydrogen (secondary N) is 1. The van der Waals surface area contributed by atoms with Crippen LogP contribution in [0.25, 0.3) is 0 Å². The SMILES string of the molecule is CC1CCCCC1Nc1nnc(CCCl)o1. The highest BCUT2D eigenvalue weighted by atomic mass is 35.5. The zero-order valence-electron chi connectivity index (χ0n) is 9.58. The van der Waals surface area contributed by atoms with Crippen LogP contribution in [0.5, 0.6) is 0 Å². The lowest BCUT2D eigenvalue weighted by molar-refractivity contribution is 0.342. The highest BCUT2D eigenvalue weighted by molar-refractivity contribution is 6.17. The monoisotopic (exact) mass is 243 g/mol. The zero-order valence-corrected chi connectivity index (χ0v) is 10.3. The molecule has 0 aromatic carbocycles. The van der Waals surface area contributed by atoms with Gasteiger partial charge in [-0.25, -0.2) is 0 Å². The molecule has 4 nitrogen and oxygen atoms in total. The largest absolute Gasteiger partial charge is 0.408 e. The van der Waals surface area contributed by atoms with Crippen LogP contribution in [0.1, 0.15) is 38.5 Å². The molecular weight excluding hydrogens is 226 g/mol. The molecule has 0 saturated heterocycles. The van der Waals surface area contributed by atoms with E-state index in [9.17, 15) is 0 Å². The number of aromatic nitrogens is 2. The van der Waals surface area contributed by atoms with E-state index in [4.69, 9.17) is 16.0 Å². The first-order chi connectivity index (χ1) is 7.79. The predicted molar refractivity (Wildman–Crippen MR) is 63.8 cm³/mol. The Morgan fingerprint density at radius 2 is 2.19 bits per heavy atom. The fourth-order valence-electron chi connectivity index (χ4n) is 2.18. The number of hydrogen-bond donors (Lipinski definition) is 1. The predicted octanol–water partition coefficient (Wildman–Crippen LogP) is 2.84. The third-order valence-corrected chi connectivity index (χ3v) is 3.38. The molecule has 1 aliphatic rings. The molecule has 1 fully saturated rings. The van der Waals surface area contributed by atoms with Crippen molar-refractivity contribution in [1.82, 2.24) is 10.2 Å². The summed E-state index contributed by atoms with van der Waals surface area (Å²) in [7, 11) is 0. The summed E-state index contributed by atoms with van der Waals surface area (Å²) >= 11 is 5.61. The summed E-state index contributed by atoms with van der Waals surface area (Å²) in [6.07, 6.45) is 5.72. The van der Waals surface area contributed by atoms with Gasteiger partial charge in [0.2, 0.25) is 5.89 Å². The highest BCUT2D eigenvalue weighted by Crippen LogP contribution is 2.26. The second kappa shape index (κ2) is 5.53. The van der Waals surface area contributed by atoms with Gasteiger partial charge in [0.05, 0.1) is 0 Å². The zero-order chi connectivity index (χ0) is 11.4. The van der Waals surface area contributed by atoms with Crippen LogP contribution < -0.4 is 5.32 Å². The molecule has 1 N–H and O–H groups in total. The van der Waals surface area contributed by atoms with Crippen molar-refractivity contribution >= 4 is 17.6 Å². The smallest absolute Gasteiger partial charge is 0.315 e. The average Bonchev–Trinajstić information content (AvgIpc) is 2.70.